The molecule has 7 heteroatoms. The van der Waals surface area contributed by atoms with Gasteiger partial charge in [0.25, 0.3) is 0 Å². The molecule has 1 aromatic carbocycles. The Morgan fingerprint density at radius 3 is 2.38 bits per heavy atom. The lowest BCUT2D eigenvalue weighted by Crippen LogP contribution is -2.54. The Morgan fingerprint density at radius 1 is 1.08 bits per heavy atom. The number of benzene rings is 1. The van der Waals surface area contributed by atoms with Crippen molar-refractivity contribution in [3.05, 3.63) is 34.9 Å². The number of nitrogens with two attached hydrogens (primary N) is 1. The summed E-state index contributed by atoms with van der Waals surface area (Å²) >= 11 is 5.91. The van der Waals surface area contributed by atoms with Gasteiger partial charge in [-0.05, 0) is 30.5 Å². The molecule has 0 radical (unpaired) electrons. The van der Waals surface area contributed by atoms with Gasteiger partial charge in [0.1, 0.15) is 6.04 Å². The first-order valence-corrected chi connectivity index (χ1v) is 8.74. The minimum atomic E-state index is -0.493. The third-order valence-corrected chi connectivity index (χ3v) is 5.08. The van der Waals surface area contributed by atoms with Gasteiger partial charge in [0.15, 0.2) is 0 Å². The summed E-state index contributed by atoms with van der Waals surface area (Å²) in [5.41, 5.74) is 6.59. The molecule has 2 N–H and O–H groups in total. The molecule has 6 nitrogen and oxygen atoms in total. The fourth-order valence-electron chi connectivity index (χ4n) is 3.47. The molecule has 3 amide bonds. The Kier molecular flexibility index (Phi) is 5.26. The van der Waals surface area contributed by atoms with E-state index in [0.717, 1.165) is 31.1 Å². The number of urea groups is 1. The number of primary amides is 1. The van der Waals surface area contributed by atoms with Crippen LogP contribution < -0.4 is 5.73 Å². The Labute approximate surface area is 147 Å². The van der Waals surface area contributed by atoms with E-state index in [4.69, 9.17) is 17.3 Å². The summed E-state index contributed by atoms with van der Waals surface area (Å²) in [6, 6.07) is 6.99. The zero-order chi connectivity index (χ0) is 17.1. The second-order valence-corrected chi connectivity index (χ2v) is 6.85. The number of rotatable bonds is 3. The van der Waals surface area contributed by atoms with Crippen molar-refractivity contribution in [1.82, 2.24) is 14.7 Å². The van der Waals surface area contributed by atoms with Crippen molar-refractivity contribution in [1.29, 1.82) is 0 Å². The fraction of sp³-hybridized carbons (Fsp3) is 0.529. The van der Waals surface area contributed by atoms with Crippen LogP contribution in [0.3, 0.4) is 0 Å². The SMILES string of the molecule is NC(=O)N1CCC[C@H]1C(=O)N1CCN(Cc2ccc(Cl)cc2)CC1. The van der Waals surface area contributed by atoms with E-state index in [2.05, 4.69) is 4.90 Å². The molecular weight excluding hydrogens is 328 g/mol. The topological polar surface area (TPSA) is 69.9 Å². The van der Waals surface area contributed by atoms with Crippen LogP contribution in [0, 0.1) is 0 Å². The molecule has 24 heavy (non-hydrogen) atoms. The highest BCUT2D eigenvalue weighted by atomic mass is 35.5. The smallest absolute Gasteiger partial charge is 0.315 e. The van der Waals surface area contributed by atoms with E-state index in [1.165, 1.54) is 10.5 Å². The van der Waals surface area contributed by atoms with Crippen LogP contribution in [0.4, 0.5) is 4.79 Å². The summed E-state index contributed by atoms with van der Waals surface area (Å²) in [7, 11) is 0. The average molecular weight is 351 g/mol. The van der Waals surface area contributed by atoms with Crippen LogP contribution in [0.2, 0.25) is 5.02 Å². The van der Waals surface area contributed by atoms with Gasteiger partial charge in [-0.2, -0.15) is 0 Å². The van der Waals surface area contributed by atoms with Gasteiger partial charge in [-0.3, -0.25) is 9.69 Å². The van der Waals surface area contributed by atoms with E-state index in [-0.39, 0.29) is 11.9 Å². The van der Waals surface area contributed by atoms with Crippen LogP contribution in [0.15, 0.2) is 24.3 Å². The fourth-order valence-corrected chi connectivity index (χ4v) is 3.60. The van der Waals surface area contributed by atoms with Gasteiger partial charge < -0.3 is 15.5 Å². The van der Waals surface area contributed by atoms with Crippen LogP contribution in [0.25, 0.3) is 0 Å². The molecule has 0 unspecified atom stereocenters. The summed E-state index contributed by atoms with van der Waals surface area (Å²) in [4.78, 5) is 29.8. The van der Waals surface area contributed by atoms with E-state index in [1.54, 1.807) is 0 Å². The van der Waals surface area contributed by atoms with Crippen molar-refractivity contribution in [2.24, 2.45) is 5.73 Å². The summed E-state index contributed by atoms with van der Waals surface area (Å²) in [6.45, 7) is 4.48. The zero-order valence-electron chi connectivity index (χ0n) is 13.7. The quantitative estimate of drug-likeness (QED) is 0.898. The Hall–Kier alpha value is -1.79. The summed E-state index contributed by atoms with van der Waals surface area (Å²) in [5, 5.41) is 0.740. The second kappa shape index (κ2) is 7.40. The van der Waals surface area contributed by atoms with Gasteiger partial charge in [-0.15, -0.1) is 0 Å². The first kappa shape index (κ1) is 17.0. The molecule has 0 aromatic heterocycles. The number of hydrogen-bond donors (Lipinski definition) is 1. The molecule has 1 aromatic rings. The molecule has 0 bridgehead atoms. The van der Waals surface area contributed by atoms with Gasteiger partial charge in [-0.25, -0.2) is 4.79 Å². The van der Waals surface area contributed by atoms with Crippen molar-refractivity contribution in [3.63, 3.8) is 0 Å². The molecule has 1 atom stereocenters. The summed E-state index contributed by atoms with van der Waals surface area (Å²) < 4.78 is 0. The van der Waals surface area contributed by atoms with E-state index in [1.807, 2.05) is 29.2 Å². The number of nitrogens with zero attached hydrogens (tertiary/aromatic N) is 3. The van der Waals surface area contributed by atoms with Crippen LogP contribution in [0.1, 0.15) is 18.4 Å². The Bertz CT molecular complexity index is 599. The lowest BCUT2D eigenvalue weighted by atomic mass is 10.1. The van der Waals surface area contributed by atoms with Crippen molar-refractivity contribution in [2.75, 3.05) is 32.7 Å². The maximum atomic E-state index is 12.7. The standard InChI is InChI=1S/C17H23ClN4O2/c18-14-5-3-13(4-6-14)12-20-8-10-21(11-9-20)16(23)15-2-1-7-22(15)17(19)24/h3-6,15H,1-2,7-12H2,(H2,19,24)/t15-/m0/s1. The highest BCUT2D eigenvalue weighted by molar-refractivity contribution is 6.30. The largest absolute Gasteiger partial charge is 0.351 e. The van der Waals surface area contributed by atoms with Crippen LogP contribution in [0.5, 0.6) is 0 Å². The first-order chi connectivity index (χ1) is 11.5. The van der Waals surface area contributed by atoms with Crippen LogP contribution >= 0.6 is 11.6 Å². The van der Waals surface area contributed by atoms with Crippen molar-refractivity contribution < 1.29 is 9.59 Å². The number of carbonyl (C=O) groups excluding carboxylic acids is 2. The van der Waals surface area contributed by atoms with Crippen molar-refractivity contribution in [2.45, 2.75) is 25.4 Å². The number of amides is 3. The molecule has 0 spiro atoms. The second-order valence-electron chi connectivity index (χ2n) is 6.42. The highest BCUT2D eigenvalue weighted by Gasteiger charge is 2.36. The predicted octanol–water partition coefficient (Wildman–Crippen LogP) is 1.53. The third-order valence-electron chi connectivity index (χ3n) is 4.82. The Balaban J connectivity index is 1.52. The number of halogens is 1. The van der Waals surface area contributed by atoms with Crippen LogP contribution in [-0.2, 0) is 11.3 Å². The van der Waals surface area contributed by atoms with Crippen LogP contribution in [-0.4, -0.2) is 65.4 Å². The minimum absolute atomic E-state index is 0.0393. The van der Waals surface area contributed by atoms with Crippen molar-refractivity contribution in [3.8, 4) is 0 Å². The number of hydrogen-bond acceptors (Lipinski definition) is 3. The Morgan fingerprint density at radius 2 is 1.75 bits per heavy atom. The predicted molar refractivity (Wildman–Crippen MR) is 92.6 cm³/mol. The molecule has 130 valence electrons. The number of carbonyl (C=O) groups is 2. The normalized spacial score (nSPS) is 22.0. The molecular formula is C17H23ClN4O2. The highest BCUT2D eigenvalue weighted by Crippen LogP contribution is 2.20. The molecule has 3 rings (SSSR count). The molecule has 2 heterocycles. The number of likely N-dealkylation sites (tertiary alicyclic amines) is 1. The molecule has 0 saturated carbocycles. The van der Waals surface area contributed by atoms with E-state index >= 15 is 0 Å². The zero-order valence-corrected chi connectivity index (χ0v) is 14.4. The average Bonchev–Trinajstić information content (AvgIpc) is 3.07. The third kappa shape index (κ3) is 3.82. The summed E-state index contributed by atoms with van der Waals surface area (Å²) in [5.74, 6) is 0.0393. The molecule has 2 aliphatic rings. The number of piperazine rings is 1. The van der Waals surface area contributed by atoms with E-state index in [9.17, 15) is 9.59 Å². The van der Waals surface area contributed by atoms with Crippen molar-refractivity contribution >= 4 is 23.5 Å². The maximum Gasteiger partial charge on any atom is 0.315 e. The monoisotopic (exact) mass is 350 g/mol. The van der Waals surface area contributed by atoms with Gasteiger partial charge in [0.2, 0.25) is 5.91 Å². The summed E-state index contributed by atoms with van der Waals surface area (Å²) in [6.07, 6.45) is 1.56. The van der Waals surface area contributed by atoms with Gasteiger partial charge in [0.05, 0.1) is 0 Å². The van der Waals surface area contributed by atoms with Gasteiger partial charge in [0, 0.05) is 44.3 Å². The van der Waals surface area contributed by atoms with E-state index in [0.29, 0.717) is 26.1 Å². The molecule has 2 aliphatic heterocycles. The van der Waals surface area contributed by atoms with Gasteiger partial charge in [-0.1, -0.05) is 23.7 Å². The molecule has 2 fully saturated rings. The lowest BCUT2D eigenvalue weighted by molar-refractivity contribution is -0.137. The van der Waals surface area contributed by atoms with Gasteiger partial charge >= 0.3 is 6.03 Å². The first-order valence-electron chi connectivity index (χ1n) is 8.36. The molecule has 2 saturated heterocycles. The lowest BCUT2D eigenvalue weighted by Gasteiger charge is -2.37. The van der Waals surface area contributed by atoms with E-state index < -0.39 is 6.03 Å². The molecule has 0 aliphatic carbocycles. The maximum absolute atomic E-state index is 12.7. The minimum Gasteiger partial charge on any atom is -0.351 e.